The molecule has 1 aliphatic heterocycles. The number of carbonyl (C=O) groups is 2. The van der Waals surface area contributed by atoms with E-state index in [2.05, 4.69) is 24.5 Å². The first kappa shape index (κ1) is 29.2. The van der Waals surface area contributed by atoms with Crippen molar-refractivity contribution in [2.24, 2.45) is 5.41 Å². The van der Waals surface area contributed by atoms with Gasteiger partial charge in [-0.3, -0.25) is 9.59 Å². The number of nitrogens with zero attached hydrogens (tertiary/aromatic N) is 1. The van der Waals surface area contributed by atoms with E-state index in [1.807, 2.05) is 35.2 Å². The van der Waals surface area contributed by atoms with E-state index in [0.29, 0.717) is 41.2 Å². The van der Waals surface area contributed by atoms with Gasteiger partial charge in [0.15, 0.2) is 23.6 Å². The zero-order valence-corrected chi connectivity index (χ0v) is 24.3. The molecule has 2 N–H and O–H groups in total. The lowest BCUT2D eigenvalue weighted by atomic mass is 9.73. The molecule has 2 aromatic carbocycles. The average molecular weight is 554 g/mol. The number of hydrogen-bond acceptors (Lipinski definition) is 9. The van der Waals surface area contributed by atoms with Crippen molar-refractivity contribution in [1.82, 2.24) is 5.32 Å². The maximum absolute atomic E-state index is 14.0. The van der Waals surface area contributed by atoms with Crippen molar-refractivity contribution < 1.29 is 33.3 Å². The van der Waals surface area contributed by atoms with Crippen molar-refractivity contribution in [3.8, 4) is 17.2 Å². The molecule has 40 heavy (non-hydrogen) atoms. The maximum atomic E-state index is 14.0. The SMILES string of the molecule is COc1ccc(C2C3=C(CC(C)(C)CC3=O)Nc3ccccc3N2CC(=O)NCC(OC)OC)c(OC)c1OC. The highest BCUT2D eigenvalue weighted by Gasteiger charge is 2.43. The molecule has 2 aliphatic rings. The average Bonchev–Trinajstić information content (AvgIpc) is 3.06. The first-order valence-corrected chi connectivity index (χ1v) is 13.2. The molecule has 1 atom stereocenters. The minimum absolute atomic E-state index is 0.0117. The van der Waals surface area contributed by atoms with Crippen LogP contribution in [-0.4, -0.2) is 66.6 Å². The third-order valence-corrected chi connectivity index (χ3v) is 7.34. The van der Waals surface area contributed by atoms with Crippen LogP contribution < -0.4 is 29.7 Å². The van der Waals surface area contributed by atoms with Gasteiger partial charge in [-0.25, -0.2) is 0 Å². The van der Waals surface area contributed by atoms with E-state index in [0.717, 1.165) is 17.1 Å². The number of anilines is 2. The third-order valence-electron chi connectivity index (χ3n) is 7.34. The summed E-state index contributed by atoms with van der Waals surface area (Å²) in [6.07, 6.45) is 0.456. The van der Waals surface area contributed by atoms with Gasteiger partial charge in [-0.1, -0.05) is 26.0 Å². The number of ether oxygens (including phenoxy) is 5. The number of amides is 1. The lowest BCUT2D eigenvalue weighted by Crippen LogP contribution is -2.44. The lowest BCUT2D eigenvalue weighted by Gasteiger charge is -2.38. The topological polar surface area (TPSA) is 108 Å². The van der Waals surface area contributed by atoms with Crippen molar-refractivity contribution in [3.63, 3.8) is 0 Å². The Morgan fingerprint density at radius 1 is 1.00 bits per heavy atom. The van der Waals surface area contributed by atoms with Crippen LogP contribution in [0.2, 0.25) is 0 Å². The van der Waals surface area contributed by atoms with Crippen LogP contribution in [0.5, 0.6) is 17.2 Å². The van der Waals surface area contributed by atoms with E-state index < -0.39 is 12.3 Å². The van der Waals surface area contributed by atoms with Gasteiger partial charge in [0, 0.05) is 37.5 Å². The third kappa shape index (κ3) is 5.73. The molecule has 10 nitrogen and oxygen atoms in total. The van der Waals surface area contributed by atoms with Gasteiger partial charge in [-0.2, -0.15) is 0 Å². The van der Waals surface area contributed by atoms with Crippen LogP contribution in [0.3, 0.4) is 0 Å². The summed E-state index contributed by atoms with van der Waals surface area (Å²) in [6.45, 7) is 4.30. The predicted molar refractivity (Wildman–Crippen MR) is 152 cm³/mol. The quantitative estimate of drug-likeness (QED) is 0.421. The largest absolute Gasteiger partial charge is 0.493 e. The molecular formula is C30H39N3O7. The Morgan fingerprint density at radius 3 is 2.35 bits per heavy atom. The Hall–Kier alpha value is -3.76. The van der Waals surface area contributed by atoms with E-state index in [9.17, 15) is 9.59 Å². The molecule has 0 saturated carbocycles. The number of rotatable bonds is 10. The fourth-order valence-electron chi connectivity index (χ4n) is 5.56. The van der Waals surface area contributed by atoms with Crippen LogP contribution in [-0.2, 0) is 19.1 Å². The van der Waals surface area contributed by atoms with Crippen LogP contribution in [0.1, 0.15) is 38.3 Å². The molecule has 0 spiro atoms. The van der Waals surface area contributed by atoms with Crippen molar-refractivity contribution >= 4 is 23.1 Å². The number of fused-ring (bicyclic) bond motifs is 1. The van der Waals surface area contributed by atoms with Crippen LogP contribution in [0.4, 0.5) is 11.4 Å². The van der Waals surface area contributed by atoms with Gasteiger partial charge in [0.2, 0.25) is 11.7 Å². The molecule has 1 amide bonds. The van der Waals surface area contributed by atoms with E-state index >= 15 is 0 Å². The van der Waals surface area contributed by atoms with Crippen molar-refractivity contribution in [3.05, 3.63) is 53.2 Å². The van der Waals surface area contributed by atoms with Crippen molar-refractivity contribution in [1.29, 1.82) is 0 Å². The minimum atomic E-state index is -0.657. The monoisotopic (exact) mass is 553 g/mol. The number of benzene rings is 2. The molecule has 1 heterocycles. The first-order valence-electron chi connectivity index (χ1n) is 13.2. The number of ketones is 1. The second kappa shape index (κ2) is 12.2. The molecule has 1 aliphatic carbocycles. The summed E-state index contributed by atoms with van der Waals surface area (Å²) in [4.78, 5) is 29.3. The number of hydrogen-bond donors (Lipinski definition) is 2. The van der Waals surface area contributed by atoms with Crippen LogP contribution in [0.25, 0.3) is 0 Å². The molecule has 0 fully saturated rings. The summed E-state index contributed by atoms with van der Waals surface area (Å²) in [5.74, 6) is 1.09. The van der Waals surface area contributed by atoms with Crippen LogP contribution in [0, 0.1) is 5.41 Å². The summed E-state index contributed by atoms with van der Waals surface area (Å²) in [6, 6.07) is 10.7. The Balaban J connectivity index is 1.93. The molecule has 4 rings (SSSR count). The maximum Gasteiger partial charge on any atom is 0.239 e. The Bertz CT molecular complexity index is 1290. The standard InChI is InChI=1S/C30H39N3O7/c1-30(2)14-20-26(22(34)15-30)27(18-12-13-23(36-3)29(40-7)28(18)39-6)33(21-11-9-8-10-19(21)32-20)17-24(35)31-16-25(37-4)38-5/h8-13,25,27,32H,14-17H2,1-7H3,(H,31,35). The highest BCUT2D eigenvalue weighted by atomic mass is 16.7. The molecule has 0 aromatic heterocycles. The molecule has 2 aromatic rings. The van der Waals surface area contributed by atoms with Gasteiger partial charge in [0.1, 0.15) is 0 Å². The van der Waals surface area contributed by atoms with Gasteiger partial charge in [-0.05, 0) is 36.1 Å². The highest BCUT2D eigenvalue weighted by molar-refractivity contribution is 6.02. The highest BCUT2D eigenvalue weighted by Crippen LogP contribution is 2.52. The molecule has 0 bridgehead atoms. The molecule has 10 heteroatoms. The fraction of sp³-hybridized carbons (Fsp3) is 0.467. The van der Waals surface area contributed by atoms with Crippen molar-refractivity contribution in [2.45, 2.75) is 39.0 Å². The summed E-state index contributed by atoms with van der Waals surface area (Å²) in [7, 11) is 7.68. The number of carbonyl (C=O) groups excluding carboxylic acids is 2. The number of methoxy groups -OCH3 is 5. The lowest BCUT2D eigenvalue weighted by molar-refractivity contribution is -0.126. The molecule has 216 valence electrons. The summed E-state index contributed by atoms with van der Waals surface area (Å²) in [5.41, 5.74) is 3.46. The van der Waals surface area contributed by atoms with E-state index in [1.54, 1.807) is 27.4 Å². The first-order chi connectivity index (χ1) is 19.2. The zero-order valence-electron chi connectivity index (χ0n) is 24.3. The second-order valence-corrected chi connectivity index (χ2v) is 10.6. The van der Waals surface area contributed by atoms with Crippen molar-refractivity contribution in [2.75, 3.05) is 58.9 Å². The van der Waals surface area contributed by atoms with E-state index in [4.69, 9.17) is 23.7 Å². The van der Waals surface area contributed by atoms with Gasteiger partial charge in [0.05, 0.1) is 51.8 Å². The normalized spacial score (nSPS) is 17.9. The van der Waals surface area contributed by atoms with Gasteiger partial charge < -0.3 is 39.2 Å². The zero-order chi connectivity index (χ0) is 29.0. The van der Waals surface area contributed by atoms with Gasteiger partial charge in [-0.15, -0.1) is 0 Å². The number of Topliss-reactive ketones (excluding diaryl/α,β-unsaturated/α-hetero) is 1. The van der Waals surface area contributed by atoms with Gasteiger partial charge >= 0.3 is 0 Å². The van der Waals surface area contributed by atoms with E-state index in [1.165, 1.54) is 14.2 Å². The molecule has 1 unspecified atom stereocenters. The van der Waals surface area contributed by atoms with Crippen LogP contribution >= 0.6 is 0 Å². The predicted octanol–water partition coefficient (Wildman–Crippen LogP) is 4.06. The minimum Gasteiger partial charge on any atom is -0.493 e. The molecular weight excluding hydrogens is 514 g/mol. The summed E-state index contributed by atoms with van der Waals surface area (Å²) < 4.78 is 27.6. The fourth-order valence-corrected chi connectivity index (χ4v) is 5.56. The summed E-state index contributed by atoms with van der Waals surface area (Å²) in [5, 5.41) is 6.45. The summed E-state index contributed by atoms with van der Waals surface area (Å²) >= 11 is 0. The molecule has 0 saturated heterocycles. The Morgan fingerprint density at radius 2 is 1.70 bits per heavy atom. The second-order valence-electron chi connectivity index (χ2n) is 10.6. The van der Waals surface area contributed by atoms with E-state index in [-0.39, 0.29) is 30.2 Å². The number of nitrogens with one attached hydrogen (secondary N) is 2. The smallest absolute Gasteiger partial charge is 0.239 e. The Kier molecular flexibility index (Phi) is 8.90. The van der Waals surface area contributed by atoms with Gasteiger partial charge in [0.25, 0.3) is 0 Å². The number of allylic oxidation sites excluding steroid dienone is 1. The number of para-hydroxylation sites is 2. The Labute approximate surface area is 235 Å². The molecule has 0 radical (unpaired) electrons. The van der Waals surface area contributed by atoms with Crippen LogP contribution in [0.15, 0.2) is 47.7 Å².